The number of ether oxygens (including phenoxy) is 1. The number of nitrogens with zero attached hydrogens (tertiary/aromatic N) is 4. The number of carbonyl (C=O) groups excluding carboxylic acids is 1. The zero-order valence-corrected chi connectivity index (χ0v) is 20.0. The van der Waals surface area contributed by atoms with Crippen molar-refractivity contribution in [2.45, 2.75) is 25.0 Å². The van der Waals surface area contributed by atoms with Crippen LogP contribution in [0.15, 0.2) is 42.6 Å². The number of rotatable bonds is 5. The summed E-state index contributed by atoms with van der Waals surface area (Å²) in [6, 6.07) is 11.7. The second kappa shape index (κ2) is 9.10. The van der Waals surface area contributed by atoms with Crippen LogP contribution in [0.25, 0.3) is 11.3 Å². The summed E-state index contributed by atoms with van der Waals surface area (Å²) in [4.78, 5) is 23.8. The van der Waals surface area contributed by atoms with Gasteiger partial charge in [-0.05, 0) is 43.2 Å². The third-order valence-corrected chi connectivity index (χ3v) is 7.36. The summed E-state index contributed by atoms with van der Waals surface area (Å²) in [6.07, 6.45) is 3.54. The molecule has 1 amide bonds. The average Bonchev–Trinajstić information content (AvgIpc) is 3.63. The third kappa shape index (κ3) is 4.16. The van der Waals surface area contributed by atoms with Gasteiger partial charge in [0.05, 0.1) is 70.5 Å². The minimum atomic E-state index is -0.558. The summed E-state index contributed by atoms with van der Waals surface area (Å²) in [5.74, 6) is -0.120. The number of benzene rings is 1. The molecule has 5 heterocycles. The quantitative estimate of drug-likeness (QED) is 0.488. The molecule has 1 spiro atoms. The Balaban J connectivity index is 1.27. The van der Waals surface area contributed by atoms with Gasteiger partial charge >= 0.3 is 0 Å². The monoisotopic (exact) mass is 500 g/mol. The van der Waals surface area contributed by atoms with E-state index in [1.54, 1.807) is 12.3 Å². The Labute approximate surface area is 212 Å². The van der Waals surface area contributed by atoms with Crippen molar-refractivity contribution in [2.24, 2.45) is 5.92 Å². The van der Waals surface area contributed by atoms with Crippen LogP contribution in [0.3, 0.4) is 0 Å². The molecular weight excluding hydrogens is 475 g/mol. The highest BCUT2D eigenvalue weighted by Crippen LogP contribution is 2.39. The largest absolute Gasteiger partial charge is 0.396 e. The number of pyridine rings is 2. The summed E-state index contributed by atoms with van der Waals surface area (Å²) in [5, 5.41) is 24.9. The average molecular weight is 501 g/mol. The molecule has 0 saturated carbocycles. The number of nitrogens with one attached hydrogen (secondary N) is 2. The van der Waals surface area contributed by atoms with Crippen molar-refractivity contribution in [3.8, 4) is 17.3 Å². The van der Waals surface area contributed by atoms with Crippen molar-refractivity contribution < 1.29 is 19.0 Å². The smallest absolute Gasteiger partial charge is 0.255 e. The van der Waals surface area contributed by atoms with Gasteiger partial charge in [0, 0.05) is 25.6 Å². The molecule has 0 bridgehead atoms. The van der Waals surface area contributed by atoms with E-state index in [9.17, 15) is 19.6 Å². The Morgan fingerprint density at radius 1 is 1.32 bits per heavy atom. The van der Waals surface area contributed by atoms with Crippen molar-refractivity contribution in [2.75, 3.05) is 36.5 Å². The van der Waals surface area contributed by atoms with Crippen molar-refractivity contribution in [3.05, 3.63) is 65.2 Å². The summed E-state index contributed by atoms with van der Waals surface area (Å²) in [5.41, 5.74) is 2.58. The fourth-order valence-corrected chi connectivity index (χ4v) is 5.53. The van der Waals surface area contributed by atoms with E-state index in [-0.39, 0.29) is 47.4 Å². The van der Waals surface area contributed by atoms with Crippen LogP contribution in [-0.4, -0.2) is 52.9 Å². The van der Waals surface area contributed by atoms with Crippen molar-refractivity contribution in [1.82, 2.24) is 15.3 Å². The lowest BCUT2D eigenvalue weighted by Crippen LogP contribution is -2.32. The minimum absolute atomic E-state index is 0.0963. The van der Waals surface area contributed by atoms with Crippen LogP contribution in [-0.2, 0) is 11.3 Å². The number of halogens is 1. The van der Waals surface area contributed by atoms with Gasteiger partial charge in [0.15, 0.2) is 0 Å². The third-order valence-electron chi connectivity index (χ3n) is 7.36. The zero-order valence-electron chi connectivity index (χ0n) is 20.0. The lowest BCUT2D eigenvalue weighted by Gasteiger charge is -2.24. The predicted molar refractivity (Wildman–Crippen MR) is 134 cm³/mol. The summed E-state index contributed by atoms with van der Waals surface area (Å²) in [6.45, 7) is 2.56. The van der Waals surface area contributed by atoms with Crippen molar-refractivity contribution >= 4 is 23.1 Å². The molecule has 2 fully saturated rings. The molecule has 0 radical (unpaired) electrons. The molecule has 3 aromatic rings. The molecule has 0 aliphatic carbocycles. The van der Waals surface area contributed by atoms with Gasteiger partial charge in [-0.25, -0.2) is 14.4 Å². The summed E-state index contributed by atoms with van der Waals surface area (Å²) in [7, 11) is 0. The number of nitriles is 1. The summed E-state index contributed by atoms with van der Waals surface area (Å²) >= 11 is 0. The molecule has 9 nitrogen and oxygen atoms in total. The second-order valence-electron chi connectivity index (χ2n) is 9.78. The predicted octanol–water partition coefficient (Wildman–Crippen LogP) is 3.12. The second-order valence-corrected chi connectivity index (χ2v) is 9.78. The van der Waals surface area contributed by atoms with Gasteiger partial charge in [0.25, 0.3) is 5.91 Å². The van der Waals surface area contributed by atoms with E-state index < -0.39 is 5.82 Å². The molecule has 3 N–H and O–H groups in total. The molecule has 2 atom stereocenters. The Morgan fingerprint density at radius 3 is 2.97 bits per heavy atom. The van der Waals surface area contributed by atoms with Crippen molar-refractivity contribution in [3.63, 3.8) is 0 Å². The highest BCUT2D eigenvalue weighted by molar-refractivity contribution is 6.04. The highest BCUT2D eigenvalue weighted by Gasteiger charge is 2.45. The number of carbonyl (C=O) groups is 1. The number of amides is 1. The number of aliphatic hydroxyl groups is 1. The Morgan fingerprint density at radius 2 is 2.22 bits per heavy atom. The first-order chi connectivity index (χ1) is 18.0. The zero-order chi connectivity index (χ0) is 25.6. The lowest BCUT2D eigenvalue weighted by molar-refractivity contribution is 0.0209. The van der Waals surface area contributed by atoms with Gasteiger partial charge in [-0.2, -0.15) is 5.26 Å². The number of hydrogen-bond acceptors (Lipinski definition) is 8. The van der Waals surface area contributed by atoms with E-state index in [1.807, 2.05) is 18.2 Å². The summed E-state index contributed by atoms with van der Waals surface area (Å²) < 4.78 is 20.8. The van der Waals surface area contributed by atoms with Crippen LogP contribution in [0.5, 0.6) is 0 Å². The van der Waals surface area contributed by atoms with Crippen LogP contribution in [0.4, 0.5) is 21.6 Å². The van der Waals surface area contributed by atoms with Gasteiger partial charge in [-0.1, -0.05) is 6.07 Å². The molecule has 188 valence electrons. The van der Waals surface area contributed by atoms with Crippen LogP contribution >= 0.6 is 0 Å². The maximum Gasteiger partial charge on any atom is 0.255 e. The fourth-order valence-electron chi connectivity index (χ4n) is 5.53. The molecule has 1 aromatic carbocycles. The van der Waals surface area contributed by atoms with E-state index in [0.717, 1.165) is 31.6 Å². The first kappa shape index (κ1) is 23.3. The Kier molecular flexibility index (Phi) is 5.74. The van der Waals surface area contributed by atoms with Crippen LogP contribution in [0, 0.1) is 23.1 Å². The van der Waals surface area contributed by atoms with Crippen LogP contribution in [0.2, 0.25) is 0 Å². The number of aliphatic hydroxyl groups excluding tert-OH is 1. The SMILES string of the molecule is N#Cc1cccc(F)c1-c1cc(Nc2ccc(N3CC[C@]4(CC(CO)CO4)C3)cn2)c2c(n1)CNC2=O. The van der Waals surface area contributed by atoms with Crippen LogP contribution < -0.4 is 15.5 Å². The molecule has 3 aliphatic rings. The van der Waals surface area contributed by atoms with E-state index in [2.05, 4.69) is 25.5 Å². The fraction of sp³-hybridized carbons (Fsp3) is 0.333. The Hall–Kier alpha value is -4.07. The highest BCUT2D eigenvalue weighted by atomic mass is 19.1. The Bertz CT molecular complexity index is 1420. The molecule has 3 aliphatic heterocycles. The topological polar surface area (TPSA) is 123 Å². The number of hydrogen-bond donors (Lipinski definition) is 3. The van der Waals surface area contributed by atoms with E-state index >= 15 is 0 Å². The molecule has 2 saturated heterocycles. The van der Waals surface area contributed by atoms with E-state index in [4.69, 9.17) is 4.74 Å². The van der Waals surface area contributed by atoms with Gasteiger partial charge in [0.1, 0.15) is 11.6 Å². The standard InChI is InChI=1S/C27H25FN6O3/c28-19-3-1-2-17(10-29)24(19)20-8-21(25-22(32-20)12-31-26(25)36)33-23-5-4-18(11-30-23)34-7-6-27(15-34)9-16(13-35)14-37-27/h1-5,8,11,16,35H,6-7,9,12-15H2,(H,31,36)(H,30,32,33)/t16?,27-/m0/s1. The molecule has 1 unspecified atom stereocenters. The number of anilines is 3. The molecule has 10 heteroatoms. The molecule has 37 heavy (non-hydrogen) atoms. The first-order valence-corrected chi connectivity index (χ1v) is 12.2. The number of aromatic nitrogens is 2. The number of fused-ring (bicyclic) bond motifs is 1. The van der Waals surface area contributed by atoms with E-state index in [1.165, 1.54) is 18.2 Å². The van der Waals surface area contributed by atoms with Crippen molar-refractivity contribution in [1.29, 1.82) is 5.26 Å². The lowest BCUT2D eigenvalue weighted by atomic mass is 9.94. The first-order valence-electron chi connectivity index (χ1n) is 12.2. The van der Waals surface area contributed by atoms with Crippen LogP contribution in [0.1, 0.15) is 34.5 Å². The van der Waals surface area contributed by atoms with Gasteiger partial charge in [-0.15, -0.1) is 0 Å². The van der Waals surface area contributed by atoms with Gasteiger partial charge < -0.3 is 25.4 Å². The minimum Gasteiger partial charge on any atom is -0.396 e. The maximum atomic E-state index is 14.7. The maximum absolute atomic E-state index is 14.7. The normalized spacial score (nSPS) is 22.2. The van der Waals surface area contributed by atoms with E-state index in [0.29, 0.717) is 29.4 Å². The molecule has 2 aromatic heterocycles. The molecule has 6 rings (SSSR count). The van der Waals surface area contributed by atoms with Gasteiger partial charge in [-0.3, -0.25) is 4.79 Å². The molecular formula is C27H25FN6O3. The van der Waals surface area contributed by atoms with Gasteiger partial charge in [0.2, 0.25) is 0 Å².